The Morgan fingerprint density at radius 1 is 1.04 bits per heavy atom. The minimum Gasteiger partial charge on any atom is -0.284 e. The Kier molecular flexibility index (Phi) is 3.17. The van der Waals surface area contributed by atoms with Gasteiger partial charge < -0.3 is 0 Å². The monoisotopic (exact) mass is 343 g/mol. The second-order valence-corrected chi connectivity index (χ2v) is 7.05. The number of nitrogens with zero attached hydrogens (tertiary/aromatic N) is 6. The maximum Gasteiger partial charge on any atom is 0.203 e. The lowest BCUT2D eigenvalue weighted by Gasteiger charge is -2.10. The first-order chi connectivity index (χ1) is 12.6. The zero-order chi connectivity index (χ0) is 17.7. The van der Waals surface area contributed by atoms with E-state index in [1.165, 1.54) is 18.8 Å². The second-order valence-electron chi connectivity index (χ2n) is 7.05. The molecule has 1 fully saturated rings. The summed E-state index contributed by atoms with van der Waals surface area (Å²) in [6.07, 6.45) is 3.88. The lowest BCUT2D eigenvalue weighted by molar-refractivity contribution is 0.660. The third kappa shape index (κ3) is 2.38. The lowest BCUT2D eigenvalue weighted by Crippen LogP contribution is -2.18. The van der Waals surface area contributed by atoms with Gasteiger partial charge in [0.05, 0.1) is 12.7 Å². The van der Waals surface area contributed by atoms with Gasteiger partial charge >= 0.3 is 0 Å². The van der Waals surface area contributed by atoms with Crippen LogP contribution >= 0.6 is 0 Å². The molecule has 1 aliphatic heterocycles. The molecule has 3 aromatic heterocycles. The van der Waals surface area contributed by atoms with Gasteiger partial charge in [0.1, 0.15) is 24.5 Å². The van der Waals surface area contributed by atoms with Crippen molar-refractivity contribution in [2.75, 3.05) is 20.1 Å². The minimum atomic E-state index is 0.664. The van der Waals surface area contributed by atoms with Gasteiger partial charge in [-0.25, -0.2) is 0 Å². The van der Waals surface area contributed by atoms with Crippen molar-refractivity contribution in [2.45, 2.75) is 6.92 Å². The summed E-state index contributed by atoms with van der Waals surface area (Å²) in [5.41, 5.74) is 4.97. The van der Waals surface area contributed by atoms with Crippen LogP contribution in [0.15, 0.2) is 48.7 Å². The van der Waals surface area contributed by atoms with Gasteiger partial charge in [-0.2, -0.15) is 9.61 Å². The van der Waals surface area contributed by atoms with Gasteiger partial charge in [-0.15, -0.1) is 10.2 Å². The molecule has 4 aromatic rings. The number of benzene rings is 1. The predicted octanol–water partition coefficient (Wildman–Crippen LogP) is 1.99. The van der Waals surface area contributed by atoms with Crippen LogP contribution < -0.4 is 9.70 Å². The summed E-state index contributed by atoms with van der Waals surface area (Å²) in [5, 5.41) is 14.3. The topological polar surface area (TPSA) is 56.0 Å². The van der Waals surface area contributed by atoms with E-state index in [-0.39, 0.29) is 0 Å². The summed E-state index contributed by atoms with van der Waals surface area (Å²) in [5.74, 6) is 0.664. The molecule has 1 aromatic carbocycles. The molecule has 26 heavy (non-hydrogen) atoms. The smallest absolute Gasteiger partial charge is 0.203 e. The maximum absolute atomic E-state index is 4.63. The molecular weight excluding hydrogens is 324 g/mol. The predicted molar refractivity (Wildman–Crippen MR) is 101 cm³/mol. The van der Waals surface area contributed by atoms with Gasteiger partial charge in [0.2, 0.25) is 5.82 Å². The van der Waals surface area contributed by atoms with Crippen molar-refractivity contribution in [3.05, 3.63) is 65.1 Å². The number of fused-ring (bicyclic) bond motifs is 1. The number of quaternary nitrogens is 1. The number of rotatable bonds is 3. The number of hydrogen-bond acceptors (Lipinski definition) is 4. The fraction of sp³-hybridized carbons (Fsp3) is 0.200. The van der Waals surface area contributed by atoms with E-state index in [9.17, 15) is 0 Å². The van der Waals surface area contributed by atoms with E-state index in [2.05, 4.69) is 57.7 Å². The third-order valence-corrected chi connectivity index (χ3v) is 5.14. The first-order valence-electron chi connectivity index (χ1n) is 8.74. The molecule has 0 N–H and O–H groups in total. The largest absolute Gasteiger partial charge is 0.284 e. The van der Waals surface area contributed by atoms with Crippen LogP contribution in [0.25, 0.3) is 23.2 Å². The van der Waals surface area contributed by atoms with Gasteiger partial charge in [-0.3, -0.25) is 9.47 Å². The normalized spacial score (nSPS) is 16.3. The van der Waals surface area contributed by atoms with Gasteiger partial charge in [-0.05, 0) is 55.0 Å². The first-order valence-corrected chi connectivity index (χ1v) is 8.74. The van der Waals surface area contributed by atoms with Crippen LogP contribution in [0.5, 0.6) is 0 Å². The van der Waals surface area contributed by atoms with Crippen LogP contribution in [0.2, 0.25) is 0 Å². The molecule has 128 valence electrons. The van der Waals surface area contributed by atoms with Crippen LogP contribution in [-0.2, 0) is 0 Å². The lowest BCUT2D eigenvalue weighted by atomic mass is 10.1. The Morgan fingerprint density at radius 2 is 1.85 bits per heavy atom. The minimum absolute atomic E-state index is 0.664. The van der Waals surface area contributed by atoms with Crippen LogP contribution in [-0.4, -0.2) is 44.9 Å². The highest BCUT2D eigenvalue weighted by Gasteiger charge is 2.39. The van der Waals surface area contributed by atoms with Crippen molar-refractivity contribution < 1.29 is 0 Å². The first kappa shape index (κ1) is 15.2. The second kappa shape index (κ2) is 5.44. The van der Waals surface area contributed by atoms with E-state index in [0.717, 1.165) is 32.3 Å². The standard InChI is InChI=1S/C20H19N6/c1-14-17(13-15-6-8-16(9-7-15)26(2)11-12-26)19-22-23-20(25(19)24-14)18-5-3-4-10-21-18/h3-10,13H,11-12H2,1-2H3/q+1/b17-13+. The van der Waals surface area contributed by atoms with Gasteiger partial charge in [-0.1, -0.05) is 6.07 Å². The molecule has 0 atom stereocenters. The Balaban J connectivity index is 1.60. The summed E-state index contributed by atoms with van der Waals surface area (Å²) < 4.78 is 2.82. The molecule has 0 spiro atoms. The van der Waals surface area contributed by atoms with Crippen molar-refractivity contribution in [1.29, 1.82) is 0 Å². The van der Waals surface area contributed by atoms with Crippen molar-refractivity contribution >= 4 is 17.4 Å². The molecule has 6 nitrogen and oxygen atoms in total. The summed E-state index contributed by atoms with van der Waals surface area (Å²) >= 11 is 0. The Morgan fingerprint density at radius 3 is 2.54 bits per heavy atom. The van der Waals surface area contributed by atoms with E-state index in [0.29, 0.717) is 5.82 Å². The third-order valence-electron chi connectivity index (χ3n) is 5.14. The zero-order valence-corrected chi connectivity index (χ0v) is 14.8. The summed E-state index contributed by atoms with van der Waals surface area (Å²) in [6.45, 7) is 4.45. The fourth-order valence-corrected chi connectivity index (χ4v) is 3.24. The Hall–Kier alpha value is -3.12. The molecule has 1 saturated heterocycles. The maximum atomic E-state index is 4.63. The number of aryl methyl sites for hydroxylation is 1. The van der Waals surface area contributed by atoms with Crippen LogP contribution in [0.1, 0.15) is 11.3 Å². The Bertz CT molecular complexity index is 1140. The van der Waals surface area contributed by atoms with Crippen LogP contribution in [0.3, 0.4) is 0 Å². The van der Waals surface area contributed by atoms with Gasteiger partial charge in [0.25, 0.3) is 0 Å². The molecule has 0 radical (unpaired) electrons. The van der Waals surface area contributed by atoms with E-state index < -0.39 is 0 Å². The molecule has 0 unspecified atom stereocenters. The fourth-order valence-electron chi connectivity index (χ4n) is 3.24. The summed E-state index contributed by atoms with van der Waals surface area (Å²) in [6, 6.07) is 14.5. The molecule has 0 bridgehead atoms. The van der Waals surface area contributed by atoms with Crippen LogP contribution in [0, 0.1) is 6.92 Å². The summed E-state index contributed by atoms with van der Waals surface area (Å²) in [4.78, 5) is 4.36. The average Bonchev–Trinajstić information content (AvgIpc) is 3.17. The number of hydrogen-bond donors (Lipinski definition) is 0. The highest BCUT2D eigenvalue weighted by Crippen LogP contribution is 2.29. The van der Waals surface area contributed by atoms with Crippen LogP contribution in [0.4, 0.5) is 5.69 Å². The quantitative estimate of drug-likeness (QED) is 0.422. The molecule has 1 aliphatic rings. The van der Waals surface area contributed by atoms with Crippen molar-refractivity contribution in [1.82, 2.24) is 29.3 Å². The molecule has 4 heterocycles. The average molecular weight is 343 g/mol. The molecule has 6 heteroatoms. The van der Waals surface area contributed by atoms with E-state index in [1.54, 1.807) is 10.7 Å². The molecule has 0 aliphatic carbocycles. The van der Waals surface area contributed by atoms with Crippen molar-refractivity contribution in [3.8, 4) is 11.5 Å². The summed E-state index contributed by atoms with van der Waals surface area (Å²) in [7, 11) is 2.27. The zero-order valence-electron chi connectivity index (χ0n) is 14.8. The van der Waals surface area contributed by atoms with Crippen molar-refractivity contribution in [3.63, 3.8) is 0 Å². The number of aromatic nitrogens is 5. The van der Waals surface area contributed by atoms with Crippen molar-refractivity contribution in [2.24, 2.45) is 0 Å². The van der Waals surface area contributed by atoms with E-state index in [1.807, 2.05) is 25.1 Å². The Labute approximate surface area is 151 Å². The van der Waals surface area contributed by atoms with Gasteiger partial charge in [0.15, 0.2) is 5.65 Å². The molecular formula is C20H19N6+. The SMILES string of the molecule is Cc1nn2c(-c3ccccn3)nnc2/c1=C/c1ccc([N+]2(C)CC2)cc1. The van der Waals surface area contributed by atoms with Gasteiger partial charge in [0, 0.05) is 11.4 Å². The number of pyridine rings is 1. The molecule has 5 rings (SSSR count). The number of likely N-dealkylation sites (N-methyl/N-ethyl adjacent to an activating group) is 1. The highest BCUT2D eigenvalue weighted by atomic mass is 15.5. The highest BCUT2D eigenvalue weighted by molar-refractivity contribution is 5.63. The van der Waals surface area contributed by atoms with E-state index >= 15 is 0 Å². The van der Waals surface area contributed by atoms with E-state index in [4.69, 9.17) is 0 Å². The molecule has 0 amide bonds. The molecule has 0 saturated carbocycles.